The smallest absolute Gasteiger partial charge is 0.317 e. The van der Waals surface area contributed by atoms with E-state index >= 15 is 0 Å². The fourth-order valence-electron chi connectivity index (χ4n) is 9.96. The molecule has 1 aliphatic heterocycles. The van der Waals surface area contributed by atoms with E-state index in [4.69, 9.17) is 4.74 Å². The Balaban J connectivity index is 1.54. The molecule has 184 valence electrons. The van der Waals surface area contributed by atoms with Crippen LogP contribution in [0, 0.1) is 39.4 Å². The number of esters is 1. The number of hydrogen-bond acceptors (Lipinski definition) is 3. The number of carbonyl (C=O) groups is 1. The summed E-state index contributed by atoms with van der Waals surface area (Å²) in [6.45, 7) is 16.1. The molecular weight excluding hydrogens is 408 g/mol. The van der Waals surface area contributed by atoms with Crippen molar-refractivity contribution in [3.63, 3.8) is 0 Å². The van der Waals surface area contributed by atoms with Crippen LogP contribution in [0.5, 0.6) is 0 Å². The van der Waals surface area contributed by atoms with Crippen molar-refractivity contribution in [1.82, 2.24) is 0 Å². The molecule has 0 amide bonds. The van der Waals surface area contributed by atoms with E-state index in [-0.39, 0.29) is 28.3 Å². The quantitative estimate of drug-likeness (QED) is 0.368. The highest BCUT2D eigenvalue weighted by Crippen LogP contribution is 2.78. The monoisotopic (exact) mass is 454 g/mol. The number of aliphatic hydroxyl groups excluding tert-OH is 1. The van der Waals surface area contributed by atoms with Gasteiger partial charge < -0.3 is 9.84 Å². The molecule has 5 aliphatic rings. The summed E-state index contributed by atoms with van der Waals surface area (Å²) < 4.78 is 6.69. The molecule has 3 saturated carbocycles. The molecule has 4 fully saturated rings. The minimum absolute atomic E-state index is 0.00674. The number of carbonyl (C=O) groups excluding carboxylic acids is 1. The third kappa shape index (κ3) is 2.69. The number of allylic oxidation sites excluding steroid dienone is 3. The van der Waals surface area contributed by atoms with Crippen LogP contribution in [0.15, 0.2) is 23.3 Å². The Hall–Kier alpha value is -1.09. The van der Waals surface area contributed by atoms with Gasteiger partial charge in [0.1, 0.15) is 5.60 Å². The van der Waals surface area contributed by atoms with Crippen molar-refractivity contribution in [1.29, 1.82) is 0 Å². The molecule has 0 unspecified atom stereocenters. The Kier molecular flexibility index (Phi) is 5.17. The molecule has 1 N–H and O–H groups in total. The lowest BCUT2D eigenvalue weighted by Crippen LogP contribution is -2.64. The van der Waals surface area contributed by atoms with Gasteiger partial charge in [-0.05, 0) is 106 Å². The molecule has 33 heavy (non-hydrogen) atoms. The van der Waals surface area contributed by atoms with Crippen LogP contribution in [0.25, 0.3) is 0 Å². The van der Waals surface area contributed by atoms with E-state index in [2.05, 4.69) is 60.6 Å². The van der Waals surface area contributed by atoms with Gasteiger partial charge in [-0.25, -0.2) is 0 Å². The van der Waals surface area contributed by atoms with Gasteiger partial charge in [0.25, 0.3) is 0 Å². The molecule has 1 heterocycles. The topological polar surface area (TPSA) is 46.5 Å². The number of ether oxygens (including phenoxy) is 1. The standard InChI is InChI=1S/C30H46O3/c1-19(2)9-8-10-20(3)21-13-16-29-23-12-11-22-26(4,5)24(31)14-15-28(22,7)30(23,33-25(29)32)18-17-27(21,29)6/h9,12,20-22,24,31H,8,10-11,13-18H2,1-7H3/t20-,21-,22+,24+,27-,28+,29+,30-/m1/s1. The van der Waals surface area contributed by atoms with Crippen molar-refractivity contribution in [2.75, 3.05) is 0 Å². The first-order chi connectivity index (χ1) is 15.4. The van der Waals surface area contributed by atoms with Crippen LogP contribution in [-0.4, -0.2) is 22.8 Å². The van der Waals surface area contributed by atoms with Gasteiger partial charge in [-0.2, -0.15) is 0 Å². The highest BCUT2D eigenvalue weighted by atomic mass is 16.6. The van der Waals surface area contributed by atoms with E-state index in [0.29, 0.717) is 17.8 Å². The molecule has 5 rings (SSSR count). The lowest BCUT2D eigenvalue weighted by atomic mass is 9.40. The molecule has 3 heteroatoms. The summed E-state index contributed by atoms with van der Waals surface area (Å²) in [6.07, 6.45) is 13.7. The molecule has 4 aliphatic carbocycles. The van der Waals surface area contributed by atoms with Crippen LogP contribution >= 0.6 is 0 Å². The van der Waals surface area contributed by atoms with Crippen LogP contribution in [0.1, 0.15) is 106 Å². The SMILES string of the molecule is CC(C)=CCC[C@@H](C)[C@H]1CC[C@]23C(=O)O[C@]4(CC[C@]12C)C3=CC[C@H]1C(C)(C)[C@@H](O)CC[C@@]14C. The van der Waals surface area contributed by atoms with E-state index in [0.717, 1.165) is 51.4 Å². The fraction of sp³-hybridized carbons (Fsp3) is 0.833. The maximum atomic E-state index is 14.0. The summed E-state index contributed by atoms with van der Waals surface area (Å²) in [7, 11) is 0. The number of fused-ring (bicyclic) bond motifs is 1. The second kappa shape index (κ2) is 7.21. The zero-order valence-electron chi connectivity index (χ0n) is 22.1. The van der Waals surface area contributed by atoms with Gasteiger partial charge in [-0.15, -0.1) is 0 Å². The van der Waals surface area contributed by atoms with Crippen molar-refractivity contribution in [2.24, 2.45) is 39.4 Å². The molecule has 8 atom stereocenters. The van der Waals surface area contributed by atoms with Crippen LogP contribution in [0.3, 0.4) is 0 Å². The summed E-state index contributed by atoms with van der Waals surface area (Å²) in [4.78, 5) is 14.0. The lowest BCUT2D eigenvalue weighted by Gasteiger charge is -2.64. The molecular formula is C30H46O3. The predicted octanol–water partition coefficient (Wildman–Crippen LogP) is 6.99. The molecule has 0 aromatic rings. The van der Waals surface area contributed by atoms with E-state index < -0.39 is 11.0 Å². The van der Waals surface area contributed by atoms with Crippen LogP contribution in [-0.2, 0) is 9.53 Å². The summed E-state index contributed by atoms with van der Waals surface area (Å²) in [6, 6.07) is 0. The van der Waals surface area contributed by atoms with Gasteiger partial charge in [0.15, 0.2) is 0 Å². The molecule has 3 nitrogen and oxygen atoms in total. The maximum absolute atomic E-state index is 14.0. The summed E-state index contributed by atoms with van der Waals surface area (Å²) in [5.41, 5.74) is 1.62. The minimum Gasteiger partial charge on any atom is -0.453 e. The van der Waals surface area contributed by atoms with Crippen LogP contribution in [0.4, 0.5) is 0 Å². The molecule has 1 saturated heterocycles. The average molecular weight is 455 g/mol. The molecule has 2 bridgehead atoms. The molecule has 0 aromatic heterocycles. The van der Waals surface area contributed by atoms with Gasteiger partial charge in [-0.3, -0.25) is 4.79 Å². The predicted molar refractivity (Wildman–Crippen MR) is 132 cm³/mol. The van der Waals surface area contributed by atoms with Crippen molar-refractivity contribution in [3.05, 3.63) is 23.3 Å². The van der Waals surface area contributed by atoms with E-state index in [1.165, 1.54) is 17.6 Å². The van der Waals surface area contributed by atoms with Crippen molar-refractivity contribution in [2.45, 2.75) is 118 Å². The molecule has 0 aromatic carbocycles. The Bertz CT molecular complexity index is 910. The zero-order valence-corrected chi connectivity index (χ0v) is 22.1. The summed E-state index contributed by atoms with van der Waals surface area (Å²) in [5.74, 6) is 1.61. The number of aliphatic hydroxyl groups is 1. The Morgan fingerprint density at radius 2 is 1.85 bits per heavy atom. The van der Waals surface area contributed by atoms with Crippen molar-refractivity contribution in [3.8, 4) is 0 Å². The summed E-state index contributed by atoms with van der Waals surface area (Å²) >= 11 is 0. The highest BCUT2D eigenvalue weighted by molar-refractivity contribution is 5.88. The number of hydrogen-bond donors (Lipinski definition) is 1. The second-order valence-electron chi connectivity index (χ2n) is 13.7. The Labute approximate surface area is 201 Å². The molecule has 0 radical (unpaired) electrons. The average Bonchev–Trinajstić information content (AvgIpc) is 3.16. The largest absolute Gasteiger partial charge is 0.453 e. The second-order valence-corrected chi connectivity index (χ2v) is 13.7. The third-order valence-electron chi connectivity index (χ3n) is 11.9. The van der Waals surface area contributed by atoms with Gasteiger partial charge in [-0.1, -0.05) is 52.3 Å². The lowest BCUT2D eigenvalue weighted by molar-refractivity contribution is -0.193. The fourth-order valence-corrected chi connectivity index (χ4v) is 9.96. The van der Waals surface area contributed by atoms with Crippen LogP contribution < -0.4 is 0 Å². The van der Waals surface area contributed by atoms with E-state index in [9.17, 15) is 9.90 Å². The van der Waals surface area contributed by atoms with E-state index in [1.807, 2.05) is 0 Å². The van der Waals surface area contributed by atoms with Gasteiger partial charge in [0, 0.05) is 5.41 Å². The summed E-state index contributed by atoms with van der Waals surface area (Å²) in [5, 5.41) is 10.9. The zero-order chi connectivity index (χ0) is 24.0. The first-order valence-electron chi connectivity index (χ1n) is 13.6. The van der Waals surface area contributed by atoms with Gasteiger partial charge in [0.05, 0.1) is 11.5 Å². The van der Waals surface area contributed by atoms with Crippen molar-refractivity contribution < 1.29 is 14.6 Å². The first kappa shape index (κ1) is 23.6. The third-order valence-corrected chi connectivity index (χ3v) is 11.9. The Morgan fingerprint density at radius 1 is 1.12 bits per heavy atom. The van der Waals surface area contributed by atoms with Gasteiger partial charge in [0.2, 0.25) is 0 Å². The highest BCUT2D eigenvalue weighted by Gasteiger charge is 2.80. The maximum Gasteiger partial charge on any atom is 0.317 e. The van der Waals surface area contributed by atoms with E-state index in [1.54, 1.807) is 0 Å². The Morgan fingerprint density at radius 3 is 2.55 bits per heavy atom. The van der Waals surface area contributed by atoms with Gasteiger partial charge >= 0.3 is 5.97 Å². The van der Waals surface area contributed by atoms with Crippen LogP contribution in [0.2, 0.25) is 0 Å². The molecule has 1 spiro atoms. The minimum atomic E-state index is -0.454. The first-order valence-corrected chi connectivity index (χ1v) is 13.6. The number of rotatable bonds is 4. The van der Waals surface area contributed by atoms with Crippen molar-refractivity contribution >= 4 is 5.97 Å². The normalized spacial score (nSPS) is 48.2.